The molecule has 3 rings (SSSR count). The van der Waals surface area contributed by atoms with Crippen molar-refractivity contribution in [1.82, 2.24) is 4.90 Å². The van der Waals surface area contributed by atoms with Crippen molar-refractivity contribution < 1.29 is 9.53 Å². The number of carbonyl (C=O) groups is 1. The molecule has 2 aliphatic rings. The van der Waals surface area contributed by atoms with E-state index in [1.54, 1.807) is 11.3 Å². The van der Waals surface area contributed by atoms with Gasteiger partial charge in [0.2, 0.25) is 5.91 Å². The van der Waals surface area contributed by atoms with Crippen LogP contribution in [0.3, 0.4) is 0 Å². The molecule has 2 saturated heterocycles. The van der Waals surface area contributed by atoms with Gasteiger partial charge in [0.25, 0.3) is 0 Å². The molecule has 0 bridgehead atoms. The van der Waals surface area contributed by atoms with E-state index < -0.39 is 0 Å². The van der Waals surface area contributed by atoms with Crippen LogP contribution in [-0.4, -0.2) is 36.1 Å². The van der Waals surface area contributed by atoms with Crippen LogP contribution in [0.1, 0.15) is 12.0 Å². The minimum Gasteiger partial charge on any atom is -0.376 e. The highest BCUT2D eigenvalue weighted by molar-refractivity contribution is 7.07. The summed E-state index contributed by atoms with van der Waals surface area (Å²) in [5, 5.41) is 4.06. The number of thiophene rings is 1. The first-order chi connectivity index (χ1) is 7.30. The molecule has 3 heterocycles. The van der Waals surface area contributed by atoms with Crippen molar-refractivity contribution in [2.45, 2.75) is 18.4 Å². The van der Waals surface area contributed by atoms with Crippen LogP contribution in [0.25, 0.3) is 0 Å². The lowest BCUT2D eigenvalue weighted by Gasteiger charge is -2.57. The molecular formula is C11H13NO2S. The second-order valence-corrected chi connectivity index (χ2v) is 5.10. The van der Waals surface area contributed by atoms with Gasteiger partial charge in [0.1, 0.15) is 0 Å². The fraction of sp³-hybridized carbons (Fsp3) is 0.545. The maximum Gasteiger partial charge on any atom is 0.227 e. The van der Waals surface area contributed by atoms with Crippen LogP contribution in [0, 0.1) is 0 Å². The zero-order chi connectivity index (χ0) is 10.3. The van der Waals surface area contributed by atoms with Crippen molar-refractivity contribution in [2.24, 2.45) is 0 Å². The molecule has 2 fully saturated rings. The zero-order valence-corrected chi connectivity index (χ0v) is 9.26. The quantitative estimate of drug-likeness (QED) is 0.756. The van der Waals surface area contributed by atoms with Gasteiger partial charge >= 0.3 is 0 Å². The van der Waals surface area contributed by atoms with Gasteiger partial charge in [-0.2, -0.15) is 11.3 Å². The summed E-state index contributed by atoms with van der Waals surface area (Å²) >= 11 is 1.64. The maximum atomic E-state index is 12.0. The summed E-state index contributed by atoms with van der Waals surface area (Å²) in [6.45, 7) is 2.39. The lowest BCUT2D eigenvalue weighted by Crippen LogP contribution is -2.72. The van der Waals surface area contributed by atoms with E-state index in [0.717, 1.165) is 31.7 Å². The van der Waals surface area contributed by atoms with Crippen LogP contribution in [-0.2, 0) is 16.0 Å². The van der Waals surface area contributed by atoms with E-state index in [-0.39, 0.29) is 11.4 Å². The standard InChI is InChI=1S/C11H13NO2S/c13-10(5-9-1-4-15-6-9)12-3-2-11(12)7-14-8-11/h1,4,6H,2-3,5,7-8H2. The first-order valence-electron chi connectivity index (χ1n) is 5.19. The summed E-state index contributed by atoms with van der Waals surface area (Å²) in [7, 11) is 0. The van der Waals surface area contributed by atoms with E-state index in [0.29, 0.717) is 6.42 Å². The van der Waals surface area contributed by atoms with Gasteiger partial charge in [-0.3, -0.25) is 4.79 Å². The number of likely N-dealkylation sites (tertiary alicyclic amines) is 1. The maximum absolute atomic E-state index is 12.0. The lowest BCUT2D eigenvalue weighted by molar-refractivity contribution is -0.199. The van der Waals surface area contributed by atoms with Gasteiger partial charge < -0.3 is 9.64 Å². The Morgan fingerprint density at radius 3 is 2.93 bits per heavy atom. The number of hydrogen-bond donors (Lipinski definition) is 0. The van der Waals surface area contributed by atoms with E-state index in [1.165, 1.54) is 0 Å². The third-order valence-corrected chi connectivity index (χ3v) is 4.08. The predicted molar refractivity (Wildman–Crippen MR) is 57.9 cm³/mol. The summed E-state index contributed by atoms with van der Waals surface area (Å²) in [5.74, 6) is 0.253. The van der Waals surface area contributed by atoms with Gasteiger partial charge in [-0.25, -0.2) is 0 Å². The van der Waals surface area contributed by atoms with Gasteiger partial charge in [0.05, 0.1) is 25.2 Å². The molecule has 1 spiro atoms. The van der Waals surface area contributed by atoms with Gasteiger partial charge in [-0.05, 0) is 28.8 Å². The summed E-state index contributed by atoms with van der Waals surface area (Å²) in [6, 6.07) is 2.02. The Bertz CT molecular complexity index is 364. The molecule has 1 aromatic heterocycles. The summed E-state index contributed by atoms with van der Waals surface area (Å²) < 4.78 is 5.20. The highest BCUT2D eigenvalue weighted by atomic mass is 32.1. The average molecular weight is 223 g/mol. The predicted octanol–water partition coefficient (Wildman–Crippen LogP) is 1.29. The van der Waals surface area contributed by atoms with E-state index in [9.17, 15) is 4.79 Å². The van der Waals surface area contributed by atoms with Crippen LogP contribution < -0.4 is 0 Å². The molecule has 4 heteroatoms. The summed E-state index contributed by atoms with van der Waals surface area (Å²) in [5.41, 5.74) is 1.22. The Balaban J connectivity index is 1.65. The molecule has 0 atom stereocenters. The number of hydrogen-bond acceptors (Lipinski definition) is 3. The minimum absolute atomic E-state index is 0.0904. The Morgan fingerprint density at radius 1 is 1.60 bits per heavy atom. The number of carbonyl (C=O) groups excluding carboxylic acids is 1. The third kappa shape index (κ3) is 1.40. The Morgan fingerprint density at radius 2 is 2.47 bits per heavy atom. The van der Waals surface area contributed by atoms with Gasteiger partial charge in [0, 0.05) is 6.54 Å². The Labute approximate surface area is 92.6 Å². The normalized spacial score (nSPS) is 22.3. The fourth-order valence-electron chi connectivity index (χ4n) is 2.23. The van der Waals surface area contributed by atoms with Crippen molar-refractivity contribution in [3.05, 3.63) is 22.4 Å². The third-order valence-electron chi connectivity index (χ3n) is 3.35. The molecule has 0 radical (unpaired) electrons. The van der Waals surface area contributed by atoms with Crippen molar-refractivity contribution in [2.75, 3.05) is 19.8 Å². The largest absolute Gasteiger partial charge is 0.376 e. The van der Waals surface area contributed by atoms with Crippen LogP contribution in [0.4, 0.5) is 0 Å². The van der Waals surface area contributed by atoms with Crippen LogP contribution in [0.2, 0.25) is 0 Å². The zero-order valence-electron chi connectivity index (χ0n) is 8.44. The molecule has 3 nitrogen and oxygen atoms in total. The fourth-order valence-corrected chi connectivity index (χ4v) is 2.90. The molecule has 0 aromatic carbocycles. The molecule has 1 aromatic rings. The van der Waals surface area contributed by atoms with Crippen LogP contribution >= 0.6 is 11.3 Å². The number of nitrogens with zero attached hydrogens (tertiary/aromatic N) is 1. The van der Waals surface area contributed by atoms with Gasteiger partial charge in [-0.15, -0.1) is 0 Å². The molecule has 0 N–H and O–H groups in total. The van der Waals surface area contributed by atoms with Crippen molar-refractivity contribution >= 4 is 17.2 Å². The molecule has 2 aliphatic heterocycles. The highest BCUT2D eigenvalue weighted by Crippen LogP contribution is 2.37. The smallest absolute Gasteiger partial charge is 0.227 e. The lowest BCUT2D eigenvalue weighted by atomic mass is 9.82. The van der Waals surface area contributed by atoms with Crippen molar-refractivity contribution in [3.8, 4) is 0 Å². The summed E-state index contributed by atoms with van der Waals surface area (Å²) in [4.78, 5) is 14.0. The molecule has 1 amide bonds. The van der Waals surface area contributed by atoms with Crippen molar-refractivity contribution in [3.63, 3.8) is 0 Å². The molecule has 15 heavy (non-hydrogen) atoms. The second-order valence-electron chi connectivity index (χ2n) is 4.32. The molecule has 80 valence electrons. The van der Waals surface area contributed by atoms with Gasteiger partial charge in [-0.1, -0.05) is 0 Å². The van der Waals surface area contributed by atoms with Crippen molar-refractivity contribution in [1.29, 1.82) is 0 Å². The first kappa shape index (κ1) is 9.36. The molecule has 0 saturated carbocycles. The summed E-state index contributed by atoms with van der Waals surface area (Å²) in [6.07, 6.45) is 1.66. The van der Waals surface area contributed by atoms with E-state index in [1.807, 2.05) is 21.7 Å². The Hall–Kier alpha value is -0.870. The number of rotatable bonds is 2. The Kier molecular flexibility index (Phi) is 2.07. The van der Waals surface area contributed by atoms with E-state index in [4.69, 9.17) is 4.74 Å². The topological polar surface area (TPSA) is 29.5 Å². The highest BCUT2D eigenvalue weighted by Gasteiger charge is 2.52. The SMILES string of the molecule is O=C(Cc1ccsc1)N1CCC12COC2. The molecule has 0 aliphatic carbocycles. The second kappa shape index (κ2) is 3.32. The number of ether oxygens (including phenoxy) is 1. The average Bonchev–Trinajstić information content (AvgIpc) is 2.51. The first-order valence-corrected chi connectivity index (χ1v) is 6.14. The van der Waals surface area contributed by atoms with E-state index >= 15 is 0 Å². The van der Waals surface area contributed by atoms with E-state index in [2.05, 4.69) is 0 Å². The van der Waals surface area contributed by atoms with Gasteiger partial charge in [0.15, 0.2) is 0 Å². The van der Waals surface area contributed by atoms with Crippen LogP contribution in [0.5, 0.6) is 0 Å². The molecular weight excluding hydrogens is 210 g/mol. The van der Waals surface area contributed by atoms with Crippen LogP contribution in [0.15, 0.2) is 16.8 Å². The molecule has 0 unspecified atom stereocenters. The number of amides is 1. The monoisotopic (exact) mass is 223 g/mol. The minimum atomic E-state index is 0.0904.